The van der Waals surface area contributed by atoms with Crippen molar-refractivity contribution in [2.24, 2.45) is 11.8 Å². The van der Waals surface area contributed by atoms with Gasteiger partial charge in [0, 0.05) is 0 Å². The van der Waals surface area contributed by atoms with Gasteiger partial charge in [-0.3, -0.25) is 0 Å². The van der Waals surface area contributed by atoms with Crippen LogP contribution in [0.4, 0.5) is 0 Å². The van der Waals surface area contributed by atoms with Crippen molar-refractivity contribution in [3.8, 4) is 0 Å². The first-order chi connectivity index (χ1) is 38.1. The van der Waals surface area contributed by atoms with Crippen LogP contribution in [-0.4, -0.2) is 49.2 Å². The third kappa shape index (κ3) is 61.7. The number of rotatable bonds is 70. The second kappa shape index (κ2) is 68.3. The molecule has 0 aliphatic heterocycles. The van der Waals surface area contributed by atoms with E-state index in [-0.39, 0.29) is 39.0 Å². The van der Waals surface area contributed by atoms with Crippen molar-refractivity contribution in [2.45, 2.75) is 426 Å². The maximum Gasteiger partial charge on any atom is 0.160 e. The highest BCUT2D eigenvalue weighted by Gasteiger charge is 2.18. The van der Waals surface area contributed by atoms with E-state index in [1.54, 1.807) is 0 Å². The summed E-state index contributed by atoms with van der Waals surface area (Å²) in [5.41, 5.74) is 0. The minimum Gasteiger partial charge on any atom is -0.394 e. The van der Waals surface area contributed by atoms with Crippen molar-refractivity contribution in [1.29, 1.82) is 0 Å². The van der Waals surface area contributed by atoms with E-state index in [0.29, 0.717) is 0 Å². The van der Waals surface area contributed by atoms with Gasteiger partial charge in [-0.15, -0.1) is 0 Å². The molecule has 5 nitrogen and oxygen atoms in total. The molecule has 0 rings (SSSR count). The van der Waals surface area contributed by atoms with Gasteiger partial charge >= 0.3 is 0 Å². The van der Waals surface area contributed by atoms with E-state index in [1.807, 2.05) is 0 Å². The summed E-state index contributed by atoms with van der Waals surface area (Å²) < 4.78 is 18.3. The van der Waals surface area contributed by atoms with E-state index in [0.717, 1.165) is 37.5 Å². The van der Waals surface area contributed by atoms with Crippen LogP contribution in [-0.2, 0) is 14.2 Å². The Morgan fingerprint density at radius 3 is 0.558 bits per heavy atom. The summed E-state index contributed by atoms with van der Waals surface area (Å²) in [7, 11) is 0. The molecular weight excluding hydrogens is 945 g/mol. The molecule has 4 atom stereocenters. The Labute approximate surface area is 486 Å². The van der Waals surface area contributed by atoms with Gasteiger partial charge in [0.05, 0.1) is 26.4 Å². The molecule has 464 valence electrons. The Bertz CT molecular complexity index is 945. The molecule has 0 aromatic heterocycles. The molecule has 0 aromatic carbocycles. The van der Waals surface area contributed by atoms with E-state index in [4.69, 9.17) is 14.2 Å². The maximum absolute atomic E-state index is 9.53. The molecule has 0 radical (unpaired) electrons. The molecule has 0 spiro atoms. The van der Waals surface area contributed by atoms with Crippen molar-refractivity contribution in [3.05, 3.63) is 0 Å². The fourth-order valence-corrected chi connectivity index (χ4v) is 12.4. The predicted molar refractivity (Wildman–Crippen MR) is 341 cm³/mol. The highest BCUT2D eigenvalue weighted by atomic mass is 16.8. The van der Waals surface area contributed by atoms with Gasteiger partial charge < -0.3 is 24.4 Å². The number of aliphatic hydroxyl groups is 2. The van der Waals surface area contributed by atoms with E-state index in [2.05, 4.69) is 27.7 Å². The molecule has 0 saturated heterocycles. The molecule has 0 heterocycles. The number of hydrogen-bond donors (Lipinski definition) is 2. The molecule has 0 aromatic rings. The largest absolute Gasteiger partial charge is 0.394 e. The second-order valence-corrected chi connectivity index (χ2v) is 25.2. The van der Waals surface area contributed by atoms with Gasteiger partial charge in [-0.25, -0.2) is 0 Å². The fourth-order valence-electron chi connectivity index (χ4n) is 12.4. The van der Waals surface area contributed by atoms with Gasteiger partial charge in [-0.05, 0) is 37.5 Å². The van der Waals surface area contributed by atoms with Gasteiger partial charge in [0.25, 0.3) is 0 Å². The van der Waals surface area contributed by atoms with Crippen LogP contribution in [0.15, 0.2) is 0 Å². The van der Waals surface area contributed by atoms with E-state index < -0.39 is 0 Å². The summed E-state index contributed by atoms with van der Waals surface area (Å²) in [5.74, 6) is 1.95. The molecule has 0 saturated carbocycles. The Kier molecular flexibility index (Phi) is 68.1. The first-order valence-electron chi connectivity index (χ1n) is 36.2. The standard InChI is InChI=1S/C72H146O5/c1-5-9-13-15-17-19-21-23-25-27-31-37-43-51-59-69(57-49-11-7-3)61-53-45-39-33-29-35-41-47-55-63-71(75-67-65-73)77-72(76-68-66-74)64-56-48-42-36-30-34-40-46-54-62-70(58-50-12-8-4)60-52-44-38-32-28-26-24-22-20-18-16-14-10-6-2/h69-74H,5-68H2,1-4H3. The third-order valence-corrected chi connectivity index (χ3v) is 17.6. The average Bonchev–Trinajstić information content (AvgIpc) is 3.44. The van der Waals surface area contributed by atoms with E-state index >= 15 is 0 Å². The molecule has 0 amide bonds. The lowest BCUT2D eigenvalue weighted by molar-refractivity contribution is -0.252. The van der Waals surface area contributed by atoms with Crippen molar-refractivity contribution in [3.63, 3.8) is 0 Å². The van der Waals surface area contributed by atoms with Gasteiger partial charge in [0.1, 0.15) is 0 Å². The summed E-state index contributed by atoms with van der Waals surface area (Å²) in [6, 6.07) is 0. The Morgan fingerprint density at radius 1 is 0.208 bits per heavy atom. The van der Waals surface area contributed by atoms with Crippen LogP contribution in [0.3, 0.4) is 0 Å². The smallest absolute Gasteiger partial charge is 0.160 e. The molecule has 2 N–H and O–H groups in total. The Balaban J connectivity index is 4.15. The third-order valence-electron chi connectivity index (χ3n) is 17.6. The van der Waals surface area contributed by atoms with Gasteiger partial charge in [-0.2, -0.15) is 0 Å². The SMILES string of the molecule is CCCCCCCCCCCCCCCCC(CCCCC)CCCCCCCCCCCC(OCCO)OC(CCCCCCCCCCCC(CCCCC)CCCCCCCCCCCCCCCC)OCCO. The van der Waals surface area contributed by atoms with Crippen LogP contribution >= 0.6 is 0 Å². The summed E-state index contributed by atoms with van der Waals surface area (Å²) in [6.45, 7) is 9.89. The number of aliphatic hydroxyl groups excluding tert-OH is 2. The predicted octanol–water partition coefficient (Wildman–Crippen LogP) is 24.4. The Hall–Kier alpha value is -0.200. The average molecular weight is 1090 g/mol. The van der Waals surface area contributed by atoms with Crippen molar-refractivity contribution in [1.82, 2.24) is 0 Å². The lowest BCUT2D eigenvalue weighted by Gasteiger charge is -2.25. The van der Waals surface area contributed by atoms with Crippen LogP contribution < -0.4 is 0 Å². The molecular formula is C72H146O5. The second-order valence-electron chi connectivity index (χ2n) is 25.2. The van der Waals surface area contributed by atoms with Crippen LogP contribution in [0.2, 0.25) is 0 Å². The van der Waals surface area contributed by atoms with Crippen molar-refractivity contribution in [2.75, 3.05) is 26.4 Å². The first-order valence-corrected chi connectivity index (χ1v) is 36.2. The number of ether oxygens (including phenoxy) is 3. The zero-order valence-electron chi connectivity index (χ0n) is 53.7. The lowest BCUT2D eigenvalue weighted by atomic mass is 9.89. The topological polar surface area (TPSA) is 68.2 Å². The quantitative estimate of drug-likeness (QED) is 0.0469. The molecule has 0 aliphatic carbocycles. The molecule has 4 unspecified atom stereocenters. The van der Waals surface area contributed by atoms with Crippen LogP contribution in [0.25, 0.3) is 0 Å². The van der Waals surface area contributed by atoms with Gasteiger partial charge in [0.15, 0.2) is 12.6 Å². The van der Waals surface area contributed by atoms with Gasteiger partial charge in [-0.1, -0.05) is 387 Å². The highest BCUT2D eigenvalue weighted by molar-refractivity contribution is 4.64. The molecule has 77 heavy (non-hydrogen) atoms. The normalized spacial score (nSPS) is 13.5. The Morgan fingerprint density at radius 2 is 0.364 bits per heavy atom. The summed E-state index contributed by atoms with van der Waals surface area (Å²) in [6.07, 6.45) is 82.6. The van der Waals surface area contributed by atoms with Crippen molar-refractivity contribution >= 4 is 0 Å². The van der Waals surface area contributed by atoms with E-state index in [9.17, 15) is 10.2 Å². The maximum atomic E-state index is 9.53. The minimum atomic E-state index is -0.360. The molecule has 0 bridgehead atoms. The van der Waals surface area contributed by atoms with Crippen molar-refractivity contribution < 1.29 is 24.4 Å². The fraction of sp³-hybridized carbons (Fsp3) is 1.00. The lowest BCUT2D eigenvalue weighted by Crippen LogP contribution is -2.28. The number of unbranched alkanes of at least 4 members (excludes halogenated alkanes) is 46. The zero-order chi connectivity index (χ0) is 55.7. The molecule has 0 fully saturated rings. The van der Waals surface area contributed by atoms with Crippen LogP contribution in [0.5, 0.6) is 0 Å². The summed E-state index contributed by atoms with van der Waals surface area (Å²) in [4.78, 5) is 0. The monoisotopic (exact) mass is 1090 g/mol. The van der Waals surface area contributed by atoms with Crippen LogP contribution in [0, 0.1) is 11.8 Å². The summed E-state index contributed by atoms with van der Waals surface area (Å²) >= 11 is 0. The molecule has 0 aliphatic rings. The molecule has 5 heteroatoms. The summed E-state index contributed by atoms with van der Waals surface area (Å²) in [5, 5.41) is 19.1. The first kappa shape index (κ1) is 76.8. The zero-order valence-corrected chi connectivity index (χ0v) is 53.7. The van der Waals surface area contributed by atoms with E-state index in [1.165, 1.54) is 360 Å². The van der Waals surface area contributed by atoms with Gasteiger partial charge in [0.2, 0.25) is 0 Å². The highest BCUT2D eigenvalue weighted by Crippen LogP contribution is 2.27. The minimum absolute atomic E-state index is 0.000173. The van der Waals surface area contributed by atoms with Crippen LogP contribution in [0.1, 0.15) is 413 Å². The number of hydrogen-bond acceptors (Lipinski definition) is 5.